The molecule has 2 unspecified atom stereocenters. The van der Waals surface area contributed by atoms with Gasteiger partial charge in [-0.15, -0.1) is 0 Å². The minimum atomic E-state index is 0.783. The largest absolute Gasteiger partial charge is 0.306 e. The van der Waals surface area contributed by atoms with Crippen molar-refractivity contribution in [2.24, 2.45) is 5.92 Å². The number of rotatable bonds is 3. The van der Waals surface area contributed by atoms with E-state index in [9.17, 15) is 0 Å². The molecule has 0 aromatic rings. The predicted molar refractivity (Wildman–Crippen MR) is 63.5 cm³/mol. The highest BCUT2D eigenvalue weighted by atomic mass is 15.1. The zero-order valence-electron chi connectivity index (χ0n) is 10.2. The minimum Gasteiger partial charge on any atom is -0.306 e. The van der Waals surface area contributed by atoms with Gasteiger partial charge in [0.15, 0.2) is 0 Å². The second kappa shape index (κ2) is 5.55. The summed E-state index contributed by atoms with van der Waals surface area (Å²) < 4.78 is 0. The van der Waals surface area contributed by atoms with Gasteiger partial charge in [0, 0.05) is 6.04 Å². The Morgan fingerprint density at radius 2 is 1.93 bits per heavy atom. The van der Waals surface area contributed by atoms with Gasteiger partial charge in [-0.3, -0.25) is 0 Å². The first-order chi connectivity index (χ1) is 6.65. The fraction of sp³-hybridized carbons (Fsp3) is 0.846. The summed E-state index contributed by atoms with van der Waals surface area (Å²) in [6, 6.07) is 0.783. The first kappa shape index (κ1) is 11.8. The Morgan fingerprint density at radius 1 is 1.29 bits per heavy atom. The summed E-state index contributed by atoms with van der Waals surface area (Å²) in [5.74, 6) is 0.804. The molecule has 14 heavy (non-hydrogen) atoms. The lowest BCUT2D eigenvalue weighted by molar-refractivity contribution is 0.183. The SMILES string of the molecule is CC/C(C)=C/C1CCCCC1N(C)C. The van der Waals surface area contributed by atoms with Crippen LogP contribution in [0.3, 0.4) is 0 Å². The summed E-state index contributed by atoms with van der Waals surface area (Å²) in [5.41, 5.74) is 1.56. The zero-order chi connectivity index (χ0) is 10.6. The van der Waals surface area contributed by atoms with E-state index in [1.165, 1.54) is 32.1 Å². The van der Waals surface area contributed by atoms with Crippen LogP contribution in [0.25, 0.3) is 0 Å². The summed E-state index contributed by atoms with van der Waals surface area (Å²) in [7, 11) is 4.44. The molecule has 1 aliphatic carbocycles. The number of hydrogen-bond donors (Lipinski definition) is 0. The molecule has 1 fully saturated rings. The maximum atomic E-state index is 2.52. The molecule has 1 saturated carbocycles. The first-order valence-corrected chi connectivity index (χ1v) is 5.99. The zero-order valence-corrected chi connectivity index (χ0v) is 10.2. The van der Waals surface area contributed by atoms with E-state index in [4.69, 9.17) is 0 Å². The standard InChI is InChI=1S/C13H25N/c1-5-11(2)10-12-8-6-7-9-13(12)14(3)4/h10,12-13H,5-9H2,1-4H3/b11-10+. The fourth-order valence-electron chi connectivity index (χ4n) is 2.46. The summed E-state index contributed by atoms with van der Waals surface area (Å²) in [6.45, 7) is 4.51. The van der Waals surface area contributed by atoms with E-state index >= 15 is 0 Å². The molecule has 1 nitrogen and oxygen atoms in total. The molecule has 0 aromatic carbocycles. The third kappa shape index (κ3) is 3.13. The topological polar surface area (TPSA) is 3.24 Å². The van der Waals surface area contributed by atoms with E-state index in [1.807, 2.05) is 0 Å². The Kier molecular flexibility index (Phi) is 4.67. The van der Waals surface area contributed by atoms with Crippen LogP contribution in [0.2, 0.25) is 0 Å². The van der Waals surface area contributed by atoms with Gasteiger partial charge in [0.2, 0.25) is 0 Å². The van der Waals surface area contributed by atoms with Crippen LogP contribution < -0.4 is 0 Å². The van der Waals surface area contributed by atoms with Crippen LogP contribution in [0.4, 0.5) is 0 Å². The van der Waals surface area contributed by atoms with E-state index in [-0.39, 0.29) is 0 Å². The molecule has 1 rings (SSSR count). The average Bonchev–Trinajstić information content (AvgIpc) is 2.18. The fourth-order valence-corrected chi connectivity index (χ4v) is 2.46. The molecule has 0 aromatic heterocycles. The Labute approximate surface area is 89.2 Å². The first-order valence-electron chi connectivity index (χ1n) is 5.99. The van der Waals surface area contributed by atoms with Crippen LogP contribution >= 0.6 is 0 Å². The van der Waals surface area contributed by atoms with Crippen molar-refractivity contribution in [1.29, 1.82) is 0 Å². The van der Waals surface area contributed by atoms with Gasteiger partial charge in [0.25, 0.3) is 0 Å². The van der Waals surface area contributed by atoms with Crippen LogP contribution in [0.5, 0.6) is 0 Å². The molecular weight excluding hydrogens is 170 g/mol. The van der Waals surface area contributed by atoms with Crippen molar-refractivity contribution in [2.45, 2.75) is 52.0 Å². The summed E-state index contributed by atoms with van der Waals surface area (Å²) in [6.07, 6.45) is 9.33. The van der Waals surface area contributed by atoms with E-state index in [0.717, 1.165) is 12.0 Å². The molecule has 1 aliphatic rings. The maximum Gasteiger partial charge on any atom is 0.0152 e. The van der Waals surface area contributed by atoms with E-state index in [2.05, 4.69) is 38.9 Å². The van der Waals surface area contributed by atoms with Gasteiger partial charge >= 0.3 is 0 Å². The lowest BCUT2D eigenvalue weighted by atomic mass is 9.82. The Morgan fingerprint density at radius 3 is 2.50 bits per heavy atom. The van der Waals surface area contributed by atoms with Crippen molar-refractivity contribution in [2.75, 3.05) is 14.1 Å². The van der Waals surface area contributed by atoms with Crippen LogP contribution in [-0.4, -0.2) is 25.0 Å². The van der Waals surface area contributed by atoms with Gasteiger partial charge in [0.1, 0.15) is 0 Å². The van der Waals surface area contributed by atoms with Crippen molar-refractivity contribution < 1.29 is 0 Å². The molecular formula is C13H25N. The van der Waals surface area contributed by atoms with Gasteiger partial charge in [-0.2, -0.15) is 0 Å². The molecule has 0 spiro atoms. The van der Waals surface area contributed by atoms with Gasteiger partial charge in [-0.1, -0.05) is 31.4 Å². The van der Waals surface area contributed by atoms with Crippen molar-refractivity contribution in [3.8, 4) is 0 Å². The van der Waals surface area contributed by atoms with E-state index in [0.29, 0.717) is 0 Å². The van der Waals surface area contributed by atoms with Crippen LogP contribution in [0.15, 0.2) is 11.6 Å². The molecule has 1 heteroatoms. The third-order valence-electron chi connectivity index (χ3n) is 3.50. The van der Waals surface area contributed by atoms with E-state index in [1.54, 1.807) is 5.57 Å². The molecule has 0 aliphatic heterocycles. The second-order valence-electron chi connectivity index (χ2n) is 4.85. The van der Waals surface area contributed by atoms with E-state index < -0.39 is 0 Å². The van der Waals surface area contributed by atoms with Crippen molar-refractivity contribution in [3.05, 3.63) is 11.6 Å². The van der Waals surface area contributed by atoms with Gasteiger partial charge in [-0.25, -0.2) is 0 Å². The normalized spacial score (nSPS) is 29.6. The molecule has 82 valence electrons. The molecule has 0 N–H and O–H groups in total. The Hall–Kier alpha value is -0.300. The van der Waals surface area contributed by atoms with Crippen molar-refractivity contribution in [3.63, 3.8) is 0 Å². The minimum absolute atomic E-state index is 0.783. The third-order valence-corrected chi connectivity index (χ3v) is 3.50. The molecule has 0 amide bonds. The smallest absolute Gasteiger partial charge is 0.0152 e. The molecule has 0 bridgehead atoms. The van der Waals surface area contributed by atoms with Crippen molar-refractivity contribution in [1.82, 2.24) is 4.90 Å². The number of hydrogen-bond acceptors (Lipinski definition) is 1. The summed E-state index contributed by atoms with van der Waals surface area (Å²) >= 11 is 0. The van der Waals surface area contributed by atoms with Crippen molar-refractivity contribution >= 4 is 0 Å². The highest BCUT2D eigenvalue weighted by Gasteiger charge is 2.24. The van der Waals surface area contributed by atoms with Crippen LogP contribution in [0, 0.1) is 5.92 Å². The lowest BCUT2D eigenvalue weighted by Gasteiger charge is -2.35. The molecule has 0 radical (unpaired) electrons. The predicted octanol–water partition coefficient (Wildman–Crippen LogP) is 3.46. The average molecular weight is 195 g/mol. The Balaban J connectivity index is 2.63. The highest BCUT2D eigenvalue weighted by molar-refractivity contribution is 5.04. The maximum absolute atomic E-state index is 2.52. The number of allylic oxidation sites excluding steroid dienone is 1. The van der Waals surface area contributed by atoms with Gasteiger partial charge in [-0.05, 0) is 46.2 Å². The quantitative estimate of drug-likeness (QED) is 0.623. The lowest BCUT2D eigenvalue weighted by Crippen LogP contribution is -2.36. The number of nitrogens with zero attached hydrogens (tertiary/aromatic N) is 1. The monoisotopic (exact) mass is 195 g/mol. The van der Waals surface area contributed by atoms with Crippen LogP contribution in [-0.2, 0) is 0 Å². The summed E-state index contributed by atoms with van der Waals surface area (Å²) in [4.78, 5) is 2.41. The molecule has 0 saturated heterocycles. The Bertz CT molecular complexity index is 193. The second-order valence-corrected chi connectivity index (χ2v) is 4.85. The van der Waals surface area contributed by atoms with Gasteiger partial charge in [0.05, 0.1) is 0 Å². The van der Waals surface area contributed by atoms with Gasteiger partial charge < -0.3 is 4.90 Å². The summed E-state index contributed by atoms with van der Waals surface area (Å²) in [5, 5.41) is 0. The molecule has 2 atom stereocenters. The molecule has 0 heterocycles. The van der Waals surface area contributed by atoms with Crippen LogP contribution in [0.1, 0.15) is 46.0 Å². The highest BCUT2D eigenvalue weighted by Crippen LogP contribution is 2.29.